The standard InChI is InChI=1S/C16H21NO3S/c18-21(19,12-13-4-2-1-3-5-13)20-11-14-6-7-15-9-17-10-16(15)8-14/h1-5,8,15-17H,6-7,9-12H2. The third-order valence-electron chi connectivity index (χ3n) is 4.29. The Kier molecular flexibility index (Phi) is 4.42. The van der Waals surface area contributed by atoms with E-state index in [0.29, 0.717) is 5.92 Å². The molecule has 1 aliphatic heterocycles. The molecule has 0 amide bonds. The van der Waals surface area contributed by atoms with Gasteiger partial charge in [-0.25, -0.2) is 0 Å². The number of rotatable bonds is 5. The second-order valence-corrected chi connectivity index (χ2v) is 7.54. The summed E-state index contributed by atoms with van der Waals surface area (Å²) in [6.45, 7) is 2.30. The second-order valence-electron chi connectivity index (χ2n) is 5.90. The lowest BCUT2D eigenvalue weighted by Gasteiger charge is -2.23. The number of hydrogen-bond acceptors (Lipinski definition) is 4. The highest BCUT2D eigenvalue weighted by Crippen LogP contribution is 2.31. The summed E-state index contributed by atoms with van der Waals surface area (Å²) in [5.41, 5.74) is 1.88. The topological polar surface area (TPSA) is 55.4 Å². The smallest absolute Gasteiger partial charge is 0.271 e. The zero-order chi connectivity index (χ0) is 14.7. The van der Waals surface area contributed by atoms with Crippen LogP contribution in [-0.2, 0) is 20.1 Å². The van der Waals surface area contributed by atoms with Crippen LogP contribution in [0.5, 0.6) is 0 Å². The first-order chi connectivity index (χ1) is 10.1. The van der Waals surface area contributed by atoms with Gasteiger partial charge in [0.25, 0.3) is 10.1 Å². The minimum atomic E-state index is -3.51. The Morgan fingerprint density at radius 2 is 2.00 bits per heavy atom. The zero-order valence-electron chi connectivity index (χ0n) is 12.0. The number of nitrogens with one attached hydrogen (secondary N) is 1. The predicted molar refractivity (Wildman–Crippen MR) is 82.2 cm³/mol. The Bertz CT molecular complexity index is 610. The van der Waals surface area contributed by atoms with Crippen molar-refractivity contribution < 1.29 is 12.6 Å². The quantitative estimate of drug-likeness (QED) is 0.668. The van der Waals surface area contributed by atoms with Crippen LogP contribution in [0.25, 0.3) is 0 Å². The molecule has 21 heavy (non-hydrogen) atoms. The van der Waals surface area contributed by atoms with E-state index in [2.05, 4.69) is 11.4 Å². The molecule has 1 heterocycles. The fraction of sp³-hybridized carbons (Fsp3) is 0.500. The molecule has 0 aromatic heterocycles. The highest BCUT2D eigenvalue weighted by Gasteiger charge is 2.29. The fourth-order valence-electron chi connectivity index (χ4n) is 3.13. The van der Waals surface area contributed by atoms with Crippen molar-refractivity contribution in [3.8, 4) is 0 Å². The van der Waals surface area contributed by atoms with E-state index in [0.717, 1.165) is 43.0 Å². The van der Waals surface area contributed by atoms with Gasteiger partial charge < -0.3 is 5.32 Å². The number of fused-ring (bicyclic) bond motifs is 1. The van der Waals surface area contributed by atoms with Crippen LogP contribution in [0, 0.1) is 11.8 Å². The van der Waals surface area contributed by atoms with Crippen LogP contribution in [0.2, 0.25) is 0 Å². The zero-order valence-corrected chi connectivity index (χ0v) is 12.8. The van der Waals surface area contributed by atoms with E-state index in [1.165, 1.54) is 0 Å². The Morgan fingerprint density at radius 1 is 1.19 bits per heavy atom. The first kappa shape index (κ1) is 14.8. The fourth-order valence-corrected chi connectivity index (χ4v) is 4.14. The minimum Gasteiger partial charge on any atom is -0.316 e. The maximum Gasteiger partial charge on any atom is 0.271 e. The molecule has 1 N–H and O–H groups in total. The Labute approximate surface area is 126 Å². The van der Waals surface area contributed by atoms with Crippen molar-refractivity contribution in [2.24, 2.45) is 11.8 Å². The Balaban J connectivity index is 1.57. The normalized spacial score (nSPS) is 25.4. The summed E-state index contributed by atoms with van der Waals surface area (Å²) in [5, 5.41) is 3.39. The van der Waals surface area contributed by atoms with Gasteiger partial charge in [0.2, 0.25) is 0 Å². The van der Waals surface area contributed by atoms with Crippen molar-refractivity contribution >= 4 is 10.1 Å². The summed E-state index contributed by atoms with van der Waals surface area (Å²) < 4.78 is 29.2. The van der Waals surface area contributed by atoms with Crippen molar-refractivity contribution in [1.29, 1.82) is 0 Å². The van der Waals surface area contributed by atoms with Crippen LogP contribution >= 0.6 is 0 Å². The molecule has 0 bridgehead atoms. The summed E-state index contributed by atoms with van der Waals surface area (Å²) in [5.74, 6) is 1.21. The molecule has 2 aliphatic rings. The summed E-state index contributed by atoms with van der Waals surface area (Å²) in [6, 6.07) is 9.14. The first-order valence-electron chi connectivity index (χ1n) is 7.44. The van der Waals surface area contributed by atoms with E-state index < -0.39 is 10.1 Å². The van der Waals surface area contributed by atoms with Crippen molar-refractivity contribution in [1.82, 2.24) is 5.32 Å². The van der Waals surface area contributed by atoms with Crippen LogP contribution in [0.4, 0.5) is 0 Å². The van der Waals surface area contributed by atoms with Gasteiger partial charge in [0.1, 0.15) is 5.75 Å². The molecule has 0 saturated carbocycles. The van der Waals surface area contributed by atoms with E-state index in [1.54, 1.807) is 12.1 Å². The molecular formula is C16H21NO3S. The van der Waals surface area contributed by atoms with Crippen LogP contribution in [-0.4, -0.2) is 28.1 Å². The summed E-state index contributed by atoms with van der Waals surface area (Å²) >= 11 is 0. The van der Waals surface area contributed by atoms with Crippen molar-refractivity contribution in [3.05, 3.63) is 47.5 Å². The van der Waals surface area contributed by atoms with E-state index in [1.807, 2.05) is 18.2 Å². The molecule has 5 heteroatoms. The van der Waals surface area contributed by atoms with E-state index >= 15 is 0 Å². The molecule has 2 atom stereocenters. The third-order valence-corrected chi connectivity index (χ3v) is 5.45. The maximum absolute atomic E-state index is 12.0. The Morgan fingerprint density at radius 3 is 2.81 bits per heavy atom. The molecule has 1 aromatic carbocycles. The number of benzene rings is 1. The Hall–Kier alpha value is -1.17. The van der Waals surface area contributed by atoms with Gasteiger partial charge >= 0.3 is 0 Å². The third kappa shape index (κ3) is 3.93. The van der Waals surface area contributed by atoms with Crippen molar-refractivity contribution in [2.45, 2.75) is 18.6 Å². The van der Waals surface area contributed by atoms with Gasteiger partial charge in [0, 0.05) is 6.54 Å². The van der Waals surface area contributed by atoms with Crippen LogP contribution in [0.1, 0.15) is 18.4 Å². The van der Waals surface area contributed by atoms with Gasteiger partial charge in [-0.1, -0.05) is 36.4 Å². The molecular weight excluding hydrogens is 286 g/mol. The summed E-state index contributed by atoms with van der Waals surface area (Å²) in [7, 11) is -3.51. The molecule has 1 aliphatic carbocycles. The van der Waals surface area contributed by atoms with Gasteiger partial charge in [-0.15, -0.1) is 0 Å². The molecule has 0 radical (unpaired) electrons. The van der Waals surface area contributed by atoms with E-state index in [-0.39, 0.29) is 12.4 Å². The average molecular weight is 307 g/mol. The molecule has 3 rings (SSSR count). The van der Waals surface area contributed by atoms with E-state index in [4.69, 9.17) is 4.18 Å². The predicted octanol–water partition coefficient (Wildman–Crippen LogP) is 2.09. The molecule has 114 valence electrons. The van der Waals surface area contributed by atoms with Gasteiger partial charge in [0.05, 0.1) is 6.61 Å². The highest BCUT2D eigenvalue weighted by atomic mass is 32.2. The van der Waals surface area contributed by atoms with Crippen molar-refractivity contribution in [3.63, 3.8) is 0 Å². The monoisotopic (exact) mass is 307 g/mol. The summed E-state index contributed by atoms with van der Waals surface area (Å²) in [6.07, 6.45) is 4.29. The molecule has 2 unspecified atom stereocenters. The molecule has 0 spiro atoms. The highest BCUT2D eigenvalue weighted by molar-refractivity contribution is 7.85. The molecule has 1 saturated heterocycles. The van der Waals surface area contributed by atoms with Gasteiger partial charge in [-0.05, 0) is 42.4 Å². The lowest BCUT2D eigenvalue weighted by atomic mass is 9.83. The van der Waals surface area contributed by atoms with E-state index in [9.17, 15) is 8.42 Å². The van der Waals surface area contributed by atoms with Crippen molar-refractivity contribution in [2.75, 3.05) is 19.7 Å². The lowest BCUT2D eigenvalue weighted by Crippen LogP contribution is -2.19. The molecule has 4 nitrogen and oxygen atoms in total. The first-order valence-corrected chi connectivity index (χ1v) is 9.01. The average Bonchev–Trinajstić information content (AvgIpc) is 2.93. The molecule has 1 fully saturated rings. The largest absolute Gasteiger partial charge is 0.316 e. The number of hydrogen-bond donors (Lipinski definition) is 1. The van der Waals surface area contributed by atoms with Gasteiger partial charge in [-0.2, -0.15) is 8.42 Å². The maximum atomic E-state index is 12.0. The van der Waals surface area contributed by atoms with Crippen LogP contribution in [0.3, 0.4) is 0 Å². The second kappa shape index (κ2) is 6.30. The van der Waals surface area contributed by atoms with Crippen LogP contribution in [0.15, 0.2) is 42.0 Å². The van der Waals surface area contributed by atoms with Gasteiger partial charge in [-0.3, -0.25) is 4.18 Å². The van der Waals surface area contributed by atoms with Crippen LogP contribution < -0.4 is 5.32 Å². The molecule has 1 aromatic rings. The van der Waals surface area contributed by atoms with Gasteiger partial charge in [0.15, 0.2) is 0 Å². The SMILES string of the molecule is O=S(=O)(Cc1ccccc1)OCC1=CC2CNCC2CC1. The minimum absolute atomic E-state index is 0.0608. The lowest BCUT2D eigenvalue weighted by molar-refractivity contribution is 0.328. The summed E-state index contributed by atoms with van der Waals surface area (Å²) in [4.78, 5) is 0.